The normalized spacial score (nSPS) is 9.86. The van der Waals surface area contributed by atoms with Gasteiger partial charge in [-0.3, -0.25) is 4.79 Å². The van der Waals surface area contributed by atoms with Crippen LogP contribution in [0.5, 0.6) is 0 Å². The summed E-state index contributed by atoms with van der Waals surface area (Å²) in [5.74, 6) is 4.50. The lowest BCUT2D eigenvalue weighted by molar-refractivity contribution is 0.0945. The van der Waals surface area contributed by atoms with Crippen molar-refractivity contribution in [1.82, 2.24) is 14.9 Å². The Kier molecular flexibility index (Phi) is 4.69. The van der Waals surface area contributed by atoms with E-state index in [-0.39, 0.29) is 18.7 Å². The molecule has 0 spiro atoms. The van der Waals surface area contributed by atoms with Crippen LogP contribution in [0, 0.1) is 17.7 Å². The fourth-order valence-corrected chi connectivity index (χ4v) is 1.74. The predicted molar refractivity (Wildman–Crippen MR) is 74.7 cm³/mol. The zero-order valence-corrected chi connectivity index (χ0v) is 11.4. The van der Waals surface area contributed by atoms with E-state index in [0.29, 0.717) is 11.4 Å². The van der Waals surface area contributed by atoms with Gasteiger partial charge in [0.05, 0.1) is 12.1 Å². The number of carbonyl (C=O) groups is 1. The number of benzene rings is 1. The second kappa shape index (κ2) is 6.68. The van der Waals surface area contributed by atoms with E-state index in [4.69, 9.17) is 5.11 Å². The Morgan fingerprint density at radius 1 is 1.52 bits per heavy atom. The summed E-state index contributed by atoms with van der Waals surface area (Å²) < 4.78 is 15.6. The number of hydrogen-bond acceptors (Lipinski definition) is 3. The van der Waals surface area contributed by atoms with Gasteiger partial charge < -0.3 is 15.0 Å². The van der Waals surface area contributed by atoms with Crippen LogP contribution in [0.2, 0.25) is 0 Å². The van der Waals surface area contributed by atoms with Crippen molar-refractivity contribution in [2.24, 2.45) is 7.05 Å². The van der Waals surface area contributed by atoms with E-state index in [2.05, 4.69) is 22.1 Å². The van der Waals surface area contributed by atoms with Gasteiger partial charge in [-0.25, -0.2) is 9.37 Å². The molecule has 5 nitrogen and oxygen atoms in total. The Balaban J connectivity index is 2.07. The summed E-state index contributed by atoms with van der Waals surface area (Å²) in [5.41, 5.74) is 0.348. The molecule has 0 aliphatic carbocycles. The van der Waals surface area contributed by atoms with Crippen molar-refractivity contribution in [3.05, 3.63) is 53.4 Å². The van der Waals surface area contributed by atoms with Crippen molar-refractivity contribution in [2.45, 2.75) is 6.54 Å². The van der Waals surface area contributed by atoms with E-state index in [1.54, 1.807) is 17.0 Å². The molecule has 2 rings (SSSR count). The summed E-state index contributed by atoms with van der Waals surface area (Å²) in [7, 11) is 1.81. The standard InChI is InChI=1S/C15H14FN3O2/c1-19-7-6-17-14(19)10-18-15(21)12-5-4-11(3-2-8-20)9-13(12)16/h4-7,9,20H,8,10H2,1H3,(H,18,21). The van der Waals surface area contributed by atoms with Crippen molar-refractivity contribution in [2.75, 3.05) is 6.61 Å². The highest BCUT2D eigenvalue weighted by molar-refractivity contribution is 5.94. The van der Waals surface area contributed by atoms with Gasteiger partial charge in [0, 0.05) is 25.0 Å². The molecule has 0 radical (unpaired) electrons. The average molecular weight is 287 g/mol. The van der Waals surface area contributed by atoms with Crippen LogP contribution in [-0.4, -0.2) is 27.2 Å². The van der Waals surface area contributed by atoms with Crippen LogP contribution in [-0.2, 0) is 13.6 Å². The SMILES string of the molecule is Cn1ccnc1CNC(=O)c1ccc(C#CCO)cc1F. The molecule has 1 amide bonds. The monoisotopic (exact) mass is 287 g/mol. The molecule has 1 aromatic carbocycles. The first-order valence-electron chi connectivity index (χ1n) is 6.25. The van der Waals surface area contributed by atoms with E-state index in [1.807, 2.05) is 7.05 Å². The largest absolute Gasteiger partial charge is 0.384 e. The van der Waals surface area contributed by atoms with Crippen LogP contribution >= 0.6 is 0 Å². The third-order valence-corrected chi connectivity index (χ3v) is 2.85. The molecule has 0 bridgehead atoms. The Labute approximate surface area is 121 Å². The molecule has 0 unspecified atom stereocenters. The van der Waals surface area contributed by atoms with Crippen LogP contribution < -0.4 is 5.32 Å². The number of halogens is 1. The molecule has 2 aromatic rings. The minimum Gasteiger partial charge on any atom is -0.384 e. The summed E-state index contributed by atoms with van der Waals surface area (Å²) >= 11 is 0. The molecule has 1 aromatic heterocycles. The lowest BCUT2D eigenvalue weighted by atomic mass is 10.1. The first-order valence-corrected chi connectivity index (χ1v) is 6.25. The van der Waals surface area contributed by atoms with Gasteiger partial charge in [-0.05, 0) is 18.2 Å². The van der Waals surface area contributed by atoms with Crippen LogP contribution in [0.15, 0.2) is 30.6 Å². The van der Waals surface area contributed by atoms with Gasteiger partial charge in [-0.2, -0.15) is 0 Å². The van der Waals surface area contributed by atoms with Gasteiger partial charge in [0.15, 0.2) is 0 Å². The highest BCUT2D eigenvalue weighted by Crippen LogP contribution is 2.10. The molecule has 0 saturated carbocycles. The highest BCUT2D eigenvalue weighted by Gasteiger charge is 2.12. The number of carbonyl (C=O) groups excluding carboxylic acids is 1. The molecule has 0 saturated heterocycles. The molecule has 6 heteroatoms. The number of aliphatic hydroxyl groups is 1. The highest BCUT2D eigenvalue weighted by atomic mass is 19.1. The zero-order chi connectivity index (χ0) is 15.2. The Hall–Kier alpha value is -2.65. The maximum Gasteiger partial charge on any atom is 0.254 e. The van der Waals surface area contributed by atoms with Crippen molar-refractivity contribution in [3.63, 3.8) is 0 Å². The minimum absolute atomic E-state index is 0.0567. The number of amides is 1. The molecule has 1 heterocycles. The van der Waals surface area contributed by atoms with Crippen molar-refractivity contribution < 1.29 is 14.3 Å². The number of nitrogens with zero attached hydrogens (tertiary/aromatic N) is 2. The molecule has 0 atom stereocenters. The topological polar surface area (TPSA) is 67.2 Å². The number of aryl methyl sites for hydroxylation is 1. The average Bonchev–Trinajstić information content (AvgIpc) is 2.88. The molecular formula is C15H14FN3O2. The fraction of sp³-hybridized carbons (Fsp3) is 0.200. The van der Waals surface area contributed by atoms with Gasteiger partial charge in [0.2, 0.25) is 0 Å². The van der Waals surface area contributed by atoms with E-state index in [9.17, 15) is 9.18 Å². The number of imidazole rings is 1. The number of rotatable bonds is 3. The summed E-state index contributed by atoms with van der Waals surface area (Å²) in [6.45, 7) is -0.0820. The minimum atomic E-state index is -0.655. The lowest BCUT2D eigenvalue weighted by Crippen LogP contribution is -2.25. The predicted octanol–water partition coefficient (Wildman–Crippen LogP) is 0.833. The third-order valence-electron chi connectivity index (χ3n) is 2.85. The van der Waals surface area contributed by atoms with E-state index in [1.165, 1.54) is 18.2 Å². The molecular weight excluding hydrogens is 273 g/mol. The van der Waals surface area contributed by atoms with Crippen molar-refractivity contribution in [3.8, 4) is 11.8 Å². The van der Waals surface area contributed by atoms with Crippen molar-refractivity contribution >= 4 is 5.91 Å². The molecule has 0 aliphatic rings. The van der Waals surface area contributed by atoms with Crippen LogP contribution in [0.1, 0.15) is 21.7 Å². The van der Waals surface area contributed by atoms with Crippen LogP contribution in [0.4, 0.5) is 4.39 Å². The number of aromatic nitrogens is 2. The number of hydrogen-bond donors (Lipinski definition) is 2. The smallest absolute Gasteiger partial charge is 0.254 e. The van der Waals surface area contributed by atoms with E-state index >= 15 is 0 Å². The second-order valence-electron chi connectivity index (χ2n) is 4.29. The molecule has 21 heavy (non-hydrogen) atoms. The first-order chi connectivity index (χ1) is 10.1. The van der Waals surface area contributed by atoms with Crippen LogP contribution in [0.3, 0.4) is 0 Å². The Bertz CT molecular complexity index is 713. The fourth-order valence-electron chi connectivity index (χ4n) is 1.74. The maximum atomic E-state index is 13.9. The van der Waals surface area contributed by atoms with E-state index < -0.39 is 11.7 Å². The van der Waals surface area contributed by atoms with Crippen LogP contribution in [0.25, 0.3) is 0 Å². The first kappa shape index (κ1) is 14.8. The van der Waals surface area contributed by atoms with Gasteiger partial charge in [-0.15, -0.1) is 0 Å². The maximum absolute atomic E-state index is 13.9. The van der Waals surface area contributed by atoms with Gasteiger partial charge >= 0.3 is 0 Å². The molecule has 2 N–H and O–H groups in total. The zero-order valence-electron chi connectivity index (χ0n) is 11.4. The lowest BCUT2D eigenvalue weighted by Gasteiger charge is -2.06. The van der Waals surface area contributed by atoms with Gasteiger partial charge in [-0.1, -0.05) is 11.8 Å². The third kappa shape index (κ3) is 3.68. The number of nitrogens with one attached hydrogen (secondary N) is 1. The molecule has 108 valence electrons. The second-order valence-corrected chi connectivity index (χ2v) is 4.29. The Morgan fingerprint density at radius 3 is 2.95 bits per heavy atom. The number of aliphatic hydroxyl groups excluding tert-OH is 1. The van der Waals surface area contributed by atoms with Crippen molar-refractivity contribution in [1.29, 1.82) is 0 Å². The summed E-state index contributed by atoms with van der Waals surface area (Å²) in [6.07, 6.45) is 3.38. The summed E-state index contributed by atoms with van der Waals surface area (Å²) in [6, 6.07) is 4.06. The summed E-state index contributed by atoms with van der Waals surface area (Å²) in [4.78, 5) is 16.0. The quantitative estimate of drug-likeness (QED) is 0.822. The van der Waals surface area contributed by atoms with Gasteiger partial charge in [0.1, 0.15) is 18.2 Å². The van der Waals surface area contributed by atoms with Gasteiger partial charge in [0.25, 0.3) is 5.91 Å². The Morgan fingerprint density at radius 2 is 2.33 bits per heavy atom. The molecule has 0 fully saturated rings. The van der Waals surface area contributed by atoms with E-state index in [0.717, 1.165) is 0 Å². The molecule has 0 aliphatic heterocycles. The summed E-state index contributed by atoms with van der Waals surface area (Å²) in [5, 5.41) is 11.2.